The lowest BCUT2D eigenvalue weighted by molar-refractivity contribution is -0.144. The number of carbonyl (C=O) groups is 2. The second-order valence-corrected chi connectivity index (χ2v) is 6.61. The van der Waals surface area contributed by atoms with Crippen molar-refractivity contribution in [2.24, 2.45) is 0 Å². The molecular formula is C20H20BrNO3. The summed E-state index contributed by atoms with van der Waals surface area (Å²) in [7, 11) is 0. The third-order valence-corrected chi connectivity index (χ3v) is 4.08. The minimum atomic E-state index is -0.548. The van der Waals surface area contributed by atoms with Crippen molar-refractivity contribution in [3.8, 4) is 0 Å². The smallest absolute Gasteiger partial charge is 0.331 e. The Bertz CT molecular complexity index is 769. The van der Waals surface area contributed by atoms with E-state index in [1.165, 1.54) is 6.08 Å². The lowest BCUT2D eigenvalue weighted by atomic mass is 10.1. The van der Waals surface area contributed by atoms with E-state index in [1.54, 1.807) is 6.08 Å². The van der Waals surface area contributed by atoms with E-state index in [4.69, 9.17) is 4.74 Å². The molecular weight excluding hydrogens is 382 g/mol. The quantitative estimate of drug-likeness (QED) is 0.582. The summed E-state index contributed by atoms with van der Waals surface area (Å²) in [6, 6.07) is 15.2. The zero-order valence-electron chi connectivity index (χ0n) is 14.2. The highest BCUT2D eigenvalue weighted by Crippen LogP contribution is 2.16. The molecule has 5 heteroatoms. The zero-order valence-corrected chi connectivity index (χ0v) is 15.7. The molecule has 25 heavy (non-hydrogen) atoms. The van der Waals surface area contributed by atoms with Crippen LogP contribution < -0.4 is 5.32 Å². The molecule has 1 amide bonds. The van der Waals surface area contributed by atoms with Crippen molar-refractivity contribution in [2.75, 3.05) is 6.61 Å². The molecule has 0 aliphatic heterocycles. The molecule has 0 bridgehead atoms. The fourth-order valence-corrected chi connectivity index (χ4v) is 2.51. The fraction of sp³-hybridized carbons (Fsp3) is 0.200. The largest absolute Gasteiger partial charge is 0.452 e. The number of halogens is 1. The number of benzene rings is 2. The van der Waals surface area contributed by atoms with Crippen molar-refractivity contribution in [3.63, 3.8) is 0 Å². The van der Waals surface area contributed by atoms with Crippen molar-refractivity contribution in [1.29, 1.82) is 0 Å². The van der Waals surface area contributed by atoms with Gasteiger partial charge in [-0.25, -0.2) is 4.79 Å². The Morgan fingerprint density at radius 2 is 1.92 bits per heavy atom. The normalized spacial score (nSPS) is 12.0. The van der Waals surface area contributed by atoms with Gasteiger partial charge in [0.2, 0.25) is 0 Å². The maximum atomic E-state index is 11.9. The number of rotatable bonds is 6. The average molecular weight is 402 g/mol. The van der Waals surface area contributed by atoms with E-state index in [1.807, 2.05) is 62.4 Å². The van der Waals surface area contributed by atoms with E-state index in [0.29, 0.717) is 0 Å². The molecule has 0 saturated heterocycles. The van der Waals surface area contributed by atoms with Crippen LogP contribution in [-0.2, 0) is 14.3 Å². The Morgan fingerprint density at radius 3 is 2.60 bits per heavy atom. The molecule has 1 N–H and O–H groups in total. The maximum Gasteiger partial charge on any atom is 0.331 e. The fourth-order valence-electron chi connectivity index (χ4n) is 2.24. The van der Waals surface area contributed by atoms with E-state index in [-0.39, 0.29) is 18.6 Å². The second kappa shape index (κ2) is 9.18. The molecule has 0 aliphatic carbocycles. The summed E-state index contributed by atoms with van der Waals surface area (Å²) in [5.74, 6) is -0.888. The molecule has 4 nitrogen and oxygen atoms in total. The van der Waals surface area contributed by atoms with Crippen molar-refractivity contribution in [2.45, 2.75) is 19.9 Å². The molecule has 0 spiro atoms. The van der Waals surface area contributed by atoms with Gasteiger partial charge in [0.05, 0.1) is 6.04 Å². The number of carbonyl (C=O) groups excluding carboxylic acids is 2. The van der Waals surface area contributed by atoms with E-state index in [0.717, 1.165) is 21.2 Å². The van der Waals surface area contributed by atoms with Gasteiger partial charge in [-0.1, -0.05) is 57.9 Å². The predicted octanol–water partition coefficient (Wildman–Crippen LogP) is 4.19. The standard InChI is InChI=1S/C20H20BrNO3/c1-14-4-3-5-16(12-14)6-11-20(24)25-13-19(23)22-15(2)17-7-9-18(21)10-8-17/h3-12,15H,13H2,1-2H3,(H,22,23)/b11-6+/t15-/m0/s1. The molecule has 0 aliphatic rings. The van der Waals surface area contributed by atoms with Gasteiger partial charge in [0.25, 0.3) is 5.91 Å². The molecule has 0 aromatic heterocycles. The van der Waals surface area contributed by atoms with E-state index >= 15 is 0 Å². The Kier molecular flexibility index (Phi) is 6.95. The first-order valence-corrected chi connectivity index (χ1v) is 8.69. The van der Waals surface area contributed by atoms with Crippen LogP contribution in [0.1, 0.15) is 29.7 Å². The van der Waals surface area contributed by atoms with E-state index in [2.05, 4.69) is 21.2 Å². The molecule has 0 fully saturated rings. The Hall–Kier alpha value is -2.40. The molecule has 1 atom stereocenters. The van der Waals surface area contributed by atoms with Gasteiger partial charge in [-0.15, -0.1) is 0 Å². The minimum Gasteiger partial charge on any atom is -0.452 e. The van der Waals surface area contributed by atoms with Crippen LogP contribution in [0.4, 0.5) is 0 Å². The van der Waals surface area contributed by atoms with Crippen LogP contribution in [0.3, 0.4) is 0 Å². The molecule has 130 valence electrons. The number of esters is 1. The summed E-state index contributed by atoms with van der Waals surface area (Å²) in [6.45, 7) is 3.55. The molecule has 2 aromatic carbocycles. The van der Waals surface area contributed by atoms with Gasteiger partial charge in [-0.3, -0.25) is 4.79 Å². The van der Waals surface area contributed by atoms with Gasteiger partial charge < -0.3 is 10.1 Å². The molecule has 0 radical (unpaired) electrons. The van der Waals surface area contributed by atoms with Crippen molar-refractivity contribution in [1.82, 2.24) is 5.32 Å². The number of hydrogen-bond donors (Lipinski definition) is 1. The highest BCUT2D eigenvalue weighted by atomic mass is 79.9. The summed E-state index contributed by atoms with van der Waals surface area (Å²) in [5.41, 5.74) is 2.99. The van der Waals surface area contributed by atoms with Crippen LogP contribution in [0.15, 0.2) is 59.1 Å². The summed E-state index contributed by atoms with van der Waals surface area (Å²) < 4.78 is 5.94. The highest BCUT2D eigenvalue weighted by molar-refractivity contribution is 9.10. The van der Waals surface area contributed by atoms with Crippen LogP contribution >= 0.6 is 15.9 Å². The summed E-state index contributed by atoms with van der Waals surface area (Å²) in [4.78, 5) is 23.6. The highest BCUT2D eigenvalue weighted by Gasteiger charge is 2.11. The number of hydrogen-bond acceptors (Lipinski definition) is 3. The first-order chi connectivity index (χ1) is 11.9. The molecule has 0 heterocycles. The minimum absolute atomic E-state index is 0.165. The molecule has 2 aromatic rings. The van der Waals surface area contributed by atoms with Gasteiger partial charge in [-0.2, -0.15) is 0 Å². The van der Waals surface area contributed by atoms with Crippen molar-refractivity contribution < 1.29 is 14.3 Å². The molecule has 0 unspecified atom stereocenters. The summed E-state index contributed by atoms with van der Waals surface area (Å²) in [6.07, 6.45) is 2.98. The van der Waals surface area contributed by atoms with E-state index in [9.17, 15) is 9.59 Å². The number of ether oxygens (including phenoxy) is 1. The lowest BCUT2D eigenvalue weighted by Gasteiger charge is -2.14. The van der Waals surface area contributed by atoms with E-state index < -0.39 is 5.97 Å². The first kappa shape index (κ1) is 18.9. The van der Waals surface area contributed by atoms with Crippen LogP contribution in [0, 0.1) is 6.92 Å². The monoisotopic (exact) mass is 401 g/mol. The van der Waals surface area contributed by atoms with Gasteiger partial charge in [-0.05, 0) is 43.2 Å². The third kappa shape index (κ3) is 6.55. The predicted molar refractivity (Wildman–Crippen MR) is 102 cm³/mol. The van der Waals surface area contributed by atoms with Crippen LogP contribution in [0.5, 0.6) is 0 Å². The van der Waals surface area contributed by atoms with Gasteiger partial charge >= 0.3 is 5.97 Å². The van der Waals surface area contributed by atoms with Crippen LogP contribution in [-0.4, -0.2) is 18.5 Å². The number of amides is 1. The first-order valence-electron chi connectivity index (χ1n) is 7.90. The maximum absolute atomic E-state index is 11.9. The SMILES string of the molecule is Cc1cccc(/C=C/C(=O)OCC(=O)N[C@@H](C)c2ccc(Br)cc2)c1. The zero-order chi connectivity index (χ0) is 18.2. The summed E-state index contributed by atoms with van der Waals surface area (Å²) >= 11 is 3.37. The molecule has 2 rings (SSSR count). The van der Waals surface area contributed by atoms with Crippen LogP contribution in [0.25, 0.3) is 6.08 Å². The Balaban J connectivity index is 1.79. The topological polar surface area (TPSA) is 55.4 Å². The third-order valence-electron chi connectivity index (χ3n) is 3.55. The van der Waals surface area contributed by atoms with Crippen molar-refractivity contribution in [3.05, 3.63) is 75.8 Å². The number of aryl methyl sites for hydroxylation is 1. The Labute approximate surface area is 156 Å². The lowest BCUT2D eigenvalue weighted by Crippen LogP contribution is -2.30. The van der Waals surface area contributed by atoms with Gasteiger partial charge in [0.15, 0.2) is 6.61 Å². The van der Waals surface area contributed by atoms with Gasteiger partial charge in [0.1, 0.15) is 0 Å². The molecule has 0 saturated carbocycles. The number of nitrogens with one attached hydrogen (secondary N) is 1. The van der Waals surface area contributed by atoms with Gasteiger partial charge in [0, 0.05) is 10.5 Å². The second-order valence-electron chi connectivity index (χ2n) is 5.70. The average Bonchev–Trinajstić information content (AvgIpc) is 2.58. The van der Waals surface area contributed by atoms with Crippen molar-refractivity contribution >= 4 is 33.9 Å². The summed E-state index contributed by atoms with van der Waals surface area (Å²) in [5, 5.41) is 2.80. The van der Waals surface area contributed by atoms with Crippen LogP contribution in [0.2, 0.25) is 0 Å². The Morgan fingerprint density at radius 1 is 1.20 bits per heavy atom.